The summed E-state index contributed by atoms with van der Waals surface area (Å²) >= 11 is 3.56. The Labute approximate surface area is 211 Å². The molecular weight excluding hydrogens is 512 g/mol. The van der Waals surface area contributed by atoms with Gasteiger partial charge in [0.2, 0.25) is 5.95 Å². The molecule has 1 N–H and O–H groups in total. The fourth-order valence-corrected chi connectivity index (χ4v) is 4.10. The predicted octanol–water partition coefficient (Wildman–Crippen LogP) is 6.02. The molecule has 2 aromatic carbocycles. The van der Waals surface area contributed by atoms with E-state index in [0.717, 1.165) is 46.1 Å². The van der Waals surface area contributed by atoms with Crippen LogP contribution in [0.25, 0.3) is 10.9 Å². The zero-order chi connectivity index (χ0) is 24.0. The smallest absolute Gasteiger partial charge is 0.227 e. The second-order valence-corrected chi connectivity index (χ2v) is 8.93. The van der Waals surface area contributed by atoms with Crippen molar-refractivity contribution in [2.75, 3.05) is 19.0 Å². The molecule has 1 fully saturated rings. The van der Waals surface area contributed by atoms with Crippen LogP contribution in [0.2, 0.25) is 0 Å². The van der Waals surface area contributed by atoms with Gasteiger partial charge in [-0.25, -0.2) is 9.97 Å². The van der Waals surface area contributed by atoms with Crippen LogP contribution in [0.3, 0.4) is 0 Å². The zero-order valence-electron chi connectivity index (χ0n) is 19.2. The van der Waals surface area contributed by atoms with E-state index >= 15 is 0 Å². The molecule has 1 aliphatic rings. The molecule has 4 aromatic rings. The van der Waals surface area contributed by atoms with Crippen molar-refractivity contribution in [3.8, 4) is 17.2 Å². The summed E-state index contributed by atoms with van der Waals surface area (Å²) in [5, 5.41) is 4.04. The molecule has 2 aromatic heterocycles. The van der Waals surface area contributed by atoms with Crippen LogP contribution in [0, 0.1) is 0 Å². The van der Waals surface area contributed by atoms with Gasteiger partial charge in [-0.15, -0.1) is 0 Å². The van der Waals surface area contributed by atoms with Crippen molar-refractivity contribution in [2.45, 2.75) is 32.2 Å². The normalized spacial score (nSPS) is 15.5. The van der Waals surface area contributed by atoms with Crippen molar-refractivity contribution in [1.82, 2.24) is 15.0 Å². The number of fused-ring (bicyclic) bond motifs is 1. The molecule has 1 atom stereocenters. The number of pyridine rings is 1. The highest BCUT2D eigenvalue weighted by Gasteiger charge is 2.18. The second kappa shape index (κ2) is 10.9. The van der Waals surface area contributed by atoms with Gasteiger partial charge in [-0.3, -0.25) is 4.98 Å². The maximum atomic E-state index is 6.23. The summed E-state index contributed by atoms with van der Waals surface area (Å²) in [6.45, 7) is 1.10. The van der Waals surface area contributed by atoms with Gasteiger partial charge in [0, 0.05) is 47.7 Å². The van der Waals surface area contributed by atoms with Gasteiger partial charge in [-0.05, 0) is 58.6 Å². The molecule has 9 heteroatoms. The summed E-state index contributed by atoms with van der Waals surface area (Å²) in [6, 6.07) is 13.3. The van der Waals surface area contributed by atoms with Gasteiger partial charge in [0.15, 0.2) is 6.29 Å². The van der Waals surface area contributed by atoms with Crippen LogP contribution < -0.4 is 19.5 Å². The van der Waals surface area contributed by atoms with Gasteiger partial charge >= 0.3 is 0 Å². The van der Waals surface area contributed by atoms with E-state index in [2.05, 4.69) is 31.2 Å². The Kier molecular flexibility index (Phi) is 7.25. The minimum absolute atomic E-state index is 0.298. The first-order valence-corrected chi connectivity index (χ1v) is 12.2. The quantitative estimate of drug-likeness (QED) is 0.292. The first kappa shape index (κ1) is 23.3. The van der Waals surface area contributed by atoms with Crippen molar-refractivity contribution < 1.29 is 18.9 Å². The lowest BCUT2D eigenvalue weighted by atomic mass is 10.2. The van der Waals surface area contributed by atoms with Crippen LogP contribution in [0.1, 0.15) is 24.8 Å². The Morgan fingerprint density at radius 3 is 2.77 bits per heavy atom. The van der Waals surface area contributed by atoms with Crippen molar-refractivity contribution in [3.63, 3.8) is 0 Å². The molecule has 8 nitrogen and oxygen atoms in total. The summed E-state index contributed by atoms with van der Waals surface area (Å²) < 4.78 is 24.3. The average Bonchev–Trinajstić information content (AvgIpc) is 2.90. The number of hydrogen-bond donors (Lipinski definition) is 1. The number of nitrogens with one attached hydrogen (secondary N) is 1. The van der Waals surface area contributed by atoms with Gasteiger partial charge in [0.05, 0.1) is 30.3 Å². The fourth-order valence-electron chi connectivity index (χ4n) is 3.76. The summed E-state index contributed by atoms with van der Waals surface area (Å²) in [6.07, 6.45) is 7.91. The van der Waals surface area contributed by atoms with E-state index in [1.807, 2.05) is 42.5 Å². The van der Waals surface area contributed by atoms with Gasteiger partial charge in [0.25, 0.3) is 0 Å². The van der Waals surface area contributed by atoms with Gasteiger partial charge in [-0.1, -0.05) is 0 Å². The van der Waals surface area contributed by atoms with E-state index in [0.29, 0.717) is 36.2 Å². The third kappa shape index (κ3) is 5.80. The standard InChI is InChI=1S/C26H25BrN4O4/c1-32-18-5-6-21(27)23(12-18)31-26-29-15-20-22(30-26)13-19(34-16-17-7-9-28-10-8-17)14-24(20)35-25-4-2-3-11-33-25/h5-10,12-15,25H,2-4,11,16H2,1H3,(H,29,30,31). The van der Waals surface area contributed by atoms with Gasteiger partial charge in [0.1, 0.15) is 23.9 Å². The number of halogens is 1. The van der Waals surface area contributed by atoms with Crippen LogP contribution in [-0.2, 0) is 11.3 Å². The molecule has 1 unspecified atom stereocenters. The molecule has 35 heavy (non-hydrogen) atoms. The molecule has 0 spiro atoms. The van der Waals surface area contributed by atoms with Gasteiger partial charge in [-0.2, -0.15) is 0 Å². The number of benzene rings is 2. The molecule has 3 heterocycles. The van der Waals surface area contributed by atoms with E-state index in [4.69, 9.17) is 23.9 Å². The Morgan fingerprint density at radius 1 is 1.09 bits per heavy atom. The van der Waals surface area contributed by atoms with Crippen LogP contribution in [0.4, 0.5) is 11.6 Å². The molecule has 180 valence electrons. The Morgan fingerprint density at radius 2 is 1.97 bits per heavy atom. The summed E-state index contributed by atoms with van der Waals surface area (Å²) in [4.78, 5) is 13.3. The molecule has 0 aliphatic carbocycles. The molecule has 0 bridgehead atoms. The topological polar surface area (TPSA) is 87.6 Å². The van der Waals surface area contributed by atoms with Crippen LogP contribution in [0.15, 0.2) is 65.5 Å². The Bertz CT molecular complexity index is 1300. The van der Waals surface area contributed by atoms with Crippen LogP contribution in [-0.4, -0.2) is 35.0 Å². The fraction of sp³-hybridized carbons (Fsp3) is 0.269. The first-order chi connectivity index (χ1) is 17.2. The van der Waals surface area contributed by atoms with E-state index in [1.54, 1.807) is 25.7 Å². The number of aromatic nitrogens is 3. The predicted molar refractivity (Wildman–Crippen MR) is 136 cm³/mol. The Hall–Kier alpha value is -3.43. The highest BCUT2D eigenvalue weighted by atomic mass is 79.9. The number of ether oxygens (including phenoxy) is 4. The number of methoxy groups -OCH3 is 1. The van der Waals surface area contributed by atoms with E-state index in [1.165, 1.54) is 0 Å². The number of nitrogens with zero attached hydrogens (tertiary/aromatic N) is 3. The van der Waals surface area contributed by atoms with Gasteiger partial charge < -0.3 is 24.3 Å². The Balaban J connectivity index is 1.46. The maximum absolute atomic E-state index is 6.23. The lowest BCUT2D eigenvalue weighted by molar-refractivity contribution is -0.105. The molecule has 1 saturated heterocycles. The average molecular weight is 537 g/mol. The lowest BCUT2D eigenvalue weighted by Gasteiger charge is -2.24. The second-order valence-electron chi connectivity index (χ2n) is 8.08. The minimum Gasteiger partial charge on any atom is -0.497 e. The molecule has 0 radical (unpaired) electrons. The van der Waals surface area contributed by atoms with Crippen molar-refractivity contribution in [1.29, 1.82) is 0 Å². The highest BCUT2D eigenvalue weighted by Crippen LogP contribution is 2.34. The SMILES string of the molecule is COc1ccc(Br)c(Nc2ncc3c(OC4CCCCO4)cc(OCc4ccncc4)cc3n2)c1. The highest BCUT2D eigenvalue weighted by molar-refractivity contribution is 9.10. The van der Waals surface area contributed by atoms with E-state index in [-0.39, 0.29) is 6.29 Å². The largest absolute Gasteiger partial charge is 0.497 e. The maximum Gasteiger partial charge on any atom is 0.227 e. The monoisotopic (exact) mass is 536 g/mol. The summed E-state index contributed by atoms with van der Waals surface area (Å²) in [5.41, 5.74) is 2.51. The van der Waals surface area contributed by atoms with Crippen molar-refractivity contribution >= 4 is 38.5 Å². The molecule has 5 rings (SSSR count). The zero-order valence-corrected chi connectivity index (χ0v) is 20.8. The molecule has 0 saturated carbocycles. The lowest BCUT2D eigenvalue weighted by Crippen LogP contribution is -2.25. The number of hydrogen-bond acceptors (Lipinski definition) is 8. The van der Waals surface area contributed by atoms with Crippen LogP contribution in [0.5, 0.6) is 17.2 Å². The van der Waals surface area contributed by atoms with E-state index in [9.17, 15) is 0 Å². The van der Waals surface area contributed by atoms with E-state index < -0.39 is 0 Å². The molecule has 0 amide bonds. The van der Waals surface area contributed by atoms with Crippen molar-refractivity contribution in [2.24, 2.45) is 0 Å². The first-order valence-electron chi connectivity index (χ1n) is 11.4. The minimum atomic E-state index is -0.298. The third-order valence-corrected chi connectivity index (χ3v) is 6.30. The summed E-state index contributed by atoms with van der Waals surface area (Å²) in [5.74, 6) is 2.45. The van der Waals surface area contributed by atoms with Crippen molar-refractivity contribution in [3.05, 3.63) is 71.1 Å². The van der Waals surface area contributed by atoms with Crippen LogP contribution >= 0.6 is 15.9 Å². The number of rotatable bonds is 8. The molecular formula is C26H25BrN4O4. The summed E-state index contributed by atoms with van der Waals surface area (Å²) in [7, 11) is 1.63. The number of anilines is 2. The molecule has 1 aliphatic heterocycles. The third-order valence-electron chi connectivity index (χ3n) is 5.61.